The fourth-order valence-electron chi connectivity index (χ4n) is 1.21. The number of nitrogens with zero attached hydrogens (tertiary/aromatic N) is 3. The molecule has 0 bridgehead atoms. The molecular weight excluding hydrogens is 216 g/mol. The van der Waals surface area contributed by atoms with Crippen LogP contribution in [0.3, 0.4) is 0 Å². The quantitative estimate of drug-likeness (QED) is 0.572. The fourth-order valence-corrected chi connectivity index (χ4v) is 1.21. The predicted octanol–water partition coefficient (Wildman–Crippen LogP) is 1.66. The maximum atomic E-state index is 8.75. The molecule has 17 heavy (non-hydrogen) atoms. The Kier molecular flexibility index (Phi) is 5.69. The van der Waals surface area contributed by atoms with Gasteiger partial charge < -0.3 is 10.1 Å². The van der Waals surface area contributed by atoms with Crippen molar-refractivity contribution >= 4 is 5.95 Å². The van der Waals surface area contributed by atoms with E-state index in [0.717, 1.165) is 12.1 Å². The summed E-state index contributed by atoms with van der Waals surface area (Å²) in [5.41, 5.74) is 1.14. The number of hydrogen-bond donors (Lipinski definition) is 1. The molecule has 0 aliphatic heterocycles. The van der Waals surface area contributed by atoms with E-state index >= 15 is 0 Å². The molecule has 0 amide bonds. The standard InChI is InChI=1S/C12H16N4O/c1-3-4-6-17-7-5-14-12-15-10(2)8-11(9-13)16-12/h3,8H,1,4-7H2,2H3,(H,14,15,16). The predicted molar refractivity (Wildman–Crippen MR) is 65.6 cm³/mol. The van der Waals surface area contributed by atoms with Gasteiger partial charge in [0.05, 0.1) is 13.2 Å². The van der Waals surface area contributed by atoms with Crippen LogP contribution in [0, 0.1) is 18.3 Å². The number of rotatable bonds is 7. The van der Waals surface area contributed by atoms with Gasteiger partial charge in [-0.05, 0) is 19.4 Å². The molecule has 0 aliphatic rings. The minimum atomic E-state index is 0.368. The normalized spacial score (nSPS) is 9.65. The second kappa shape index (κ2) is 7.36. The van der Waals surface area contributed by atoms with Crippen LogP contribution in [0.4, 0.5) is 5.95 Å². The molecule has 0 unspecified atom stereocenters. The molecule has 5 nitrogen and oxygen atoms in total. The molecule has 90 valence electrons. The first-order valence-electron chi connectivity index (χ1n) is 5.44. The van der Waals surface area contributed by atoms with Gasteiger partial charge in [-0.3, -0.25) is 0 Å². The molecule has 1 N–H and O–H groups in total. The van der Waals surface area contributed by atoms with E-state index in [1.54, 1.807) is 6.07 Å². The van der Waals surface area contributed by atoms with Crippen LogP contribution in [0.1, 0.15) is 17.8 Å². The molecule has 0 fully saturated rings. The van der Waals surface area contributed by atoms with Crippen molar-refractivity contribution in [3.8, 4) is 6.07 Å². The number of nitrogens with one attached hydrogen (secondary N) is 1. The van der Waals surface area contributed by atoms with Crippen molar-refractivity contribution in [2.24, 2.45) is 0 Å². The van der Waals surface area contributed by atoms with E-state index in [1.165, 1.54) is 0 Å². The Bertz CT molecular complexity index is 411. The number of aryl methyl sites for hydroxylation is 1. The molecular formula is C12H16N4O. The summed E-state index contributed by atoms with van der Waals surface area (Å²) >= 11 is 0. The second-order valence-corrected chi connectivity index (χ2v) is 3.45. The van der Waals surface area contributed by atoms with Gasteiger partial charge in [0, 0.05) is 12.2 Å². The lowest BCUT2D eigenvalue weighted by molar-refractivity contribution is 0.149. The van der Waals surface area contributed by atoms with Crippen molar-refractivity contribution in [2.75, 3.05) is 25.1 Å². The average Bonchev–Trinajstić information content (AvgIpc) is 2.33. The third-order valence-electron chi connectivity index (χ3n) is 1.96. The number of aromatic nitrogens is 2. The summed E-state index contributed by atoms with van der Waals surface area (Å²) in [6.45, 7) is 7.30. The minimum absolute atomic E-state index is 0.368. The smallest absolute Gasteiger partial charge is 0.224 e. The fraction of sp³-hybridized carbons (Fsp3) is 0.417. The third-order valence-corrected chi connectivity index (χ3v) is 1.96. The van der Waals surface area contributed by atoms with Crippen molar-refractivity contribution in [1.29, 1.82) is 5.26 Å². The van der Waals surface area contributed by atoms with Gasteiger partial charge in [-0.15, -0.1) is 6.58 Å². The van der Waals surface area contributed by atoms with Gasteiger partial charge in [0.25, 0.3) is 0 Å². The van der Waals surface area contributed by atoms with Gasteiger partial charge in [-0.25, -0.2) is 9.97 Å². The van der Waals surface area contributed by atoms with Crippen LogP contribution in [0.5, 0.6) is 0 Å². The van der Waals surface area contributed by atoms with Gasteiger partial charge in [-0.1, -0.05) is 6.08 Å². The molecule has 1 aromatic heterocycles. The Hall–Kier alpha value is -1.93. The summed E-state index contributed by atoms with van der Waals surface area (Å²) in [6.07, 6.45) is 2.66. The van der Waals surface area contributed by atoms with Crippen LogP contribution in [0.25, 0.3) is 0 Å². The second-order valence-electron chi connectivity index (χ2n) is 3.45. The van der Waals surface area contributed by atoms with Crippen molar-refractivity contribution in [3.63, 3.8) is 0 Å². The molecule has 0 aromatic carbocycles. The first-order chi connectivity index (χ1) is 8.26. The molecule has 1 aromatic rings. The average molecular weight is 232 g/mol. The molecule has 1 heterocycles. The number of ether oxygens (including phenoxy) is 1. The Morgan fingerprint density at radius 1 is 1.53 bits per heavy atom. The van der Waals surface area contributed by atoms with Gasteiger partial charge in [0.1, 0.15) is 11.8 Å². The summed E-state index contributed by atoms with van der Waals surface area (Å²) in [5, 5.41) is 11.8. The zero-order chi connectivity index (χ0) is 12.5. The van der Waals surface area contributed by atoms with Crippen LogP contribution in [0.15, 0.2) is 18.7 Å². The lowest BCUT2D eigenvalue weighted by Gasteiger charge is -2.06. The molecule has 0 radical (unpaired) electrons. The van der Waals surface area contributed by atoms with E-state index in [4.69, 9.17) is 10.00 Å². The van der Waals surface area contributed by atoms with E-state index < -0.39 is 0 Å². The monoisotopic (exact) mass is 232 g/mol. The Labute approximate surface area is 101 Å². The van der Waals surface area contributed by atoms with E-state index in [1.807, 2.05) is 19.1 Å². The number of nitriles is 1. The molecule has 0 atom stereocenters. The number of anilines is 1. The van der Waals surface area contributed by atoms with Gasteiger partial charge in [-0.2, -0.15) is 5.26 Å². The molecule has 0 spiro atoms. The highest BCUT2D eigenvalue weighted by atomic mass is 16.5. The van der Waals surface area contributed by atoms with Crippen LogP contribution in [0.2, 0.25) is 0 Å². The van der Waals surface area contributed by atoms with Crippen molar-refractivity contribution < 1.29 is 4.74 Å². The molecule has 1 rings (SSSR count). The van der Waals surface area contributed by atoms with Crippen molar-refractivity contribution in [1.82, 2.24) is 9.97 Å². The SMILES string of the molecule is C=CCCOCCNc1nc(C)cc(C#N)n1. The van der Waals surface area contributed by atoms with E-state index in [0.29, 0.717) is 31.4 Å². The van der Waals surface area contributed by atoms with Crippen molar-refractivity contribution in [2.45, 2.75) is 13.3 Å². The minimum Gasteiger partial charge on any atom is -0.379 e. The topological polar surface area (TPSA) is 70.8 Å². The lowest BCUT2D eigenvalue weighted by Crippen LogP contribution is -2.12. The zero-order valence-corrected chi connectivity index (χ0v) is 9.94. The van der Waals surface area contributed by atoms with E-state index in [-0.39, 0.29) is 0 Å². The summed E-state index contributed by atoms with van der Waals surface area (Å²) in [5.74, 6) is 0.467. The van der Waals surface area contributed by atoms with E-state index in [9.17, 15) is 0 Å². The first kappa shape index (κ1) is 13.1. The molecule has 0 saturated carbocycles. The summed E-state index contributed by atoms with van der Waals surface area (Å²) in [6, 6.07) is 3.64. The summed E-state index contributed by atoms with van der Waals surface area (Å²) in [7, 11) is 0. The zero-order valence-electron chi connectivity index (χ0n) is 9.94. The van der Waals surface area contributed by atoms with Crippen LogP contribution < -0.4 is 5.32 Å². The summed E-state index contributed by atoms with van der Waals surface area (Å²) in [4.78, 5) is 8.20. The largest absolute Gasteiger partial charge is 0.379 e. The maximum absolute atomic E-state index is 8.75. The highest BCUT2D eigenvalue weighted by Gasteiger charge is 2.00. The Morgan fingerprint density at radius 2 is 2.35 bits per heavy atom. The van der Waals surface area contributed by atoms with E-state index in [2.05, 4.69) is 21.9 Å². The highest BCUT2D eigenvalue weighted by Crippen LogP contribution is 2.03. The lowest BCUT2D eigenvalue weighted by atomic mass is 10.3. The maximum Gasteiger partial charge on any atom is 0.224 e. The van der Waals surface area contributed by atoms with Crippen LogP contribution in [-0.4, -0.2) is 29.7 Å². The van der Waals surface area contributed by atoms with Crippen LogP contribution in [-0.2, 0) is 4.74 Å². The van der Waals surface area contributed by atoms with Crippen molar-refractivity contribution in [3.05, 3.63) is 30.1 Å². The first-order valence-corrected chi connectivity index (χ1v) is 5.44. The molecule has 5 heteroatoms. The third kappa shape index (κ3) is 5.09. The Balaban J connectivity index is 2.34. The van der Waals surface area contributed by atoms with Crippen LogP contribution >= 0.6 is 0 Å². The molecule has 0 aliphatic carbocycles. The van der Waals surface area contributed by atoms with Gasteiger partial charge in [0.2, 0.25) is 5.95 Å². The molecule has 0 saturated heterocycles. The van der Waals surface area contributed by atoms with Gasteiger partial charge in [0.15, 0.2) is 0 Å². The van der Waals surface area contributed by atoms with Gasteiger partial charge >= 0.3 is 0 Å². The summed E-state index contributed by atoms with van der Waals surface area (Å²) < 4.78 is 5.33. The Morgan fingerprint density at radius 3 is 3.06 bits per heavy atom. The highest BCUT2D eigenvalue weighted by molar-refractivity contribution is 5.32. The number of hydrogen-bond acceptors (Lipinski definition) is 5.